The molecule has 0 aliphatic carbocycles. The van der Waals surface area contributed by atoms with E-state index in [1.807, 2.05) is 6.07 Å². The molecule has 0 unspecified atom stereocenters. The van der Waals surface area contributed by atoms with Gasteiger partial charge in [-0.05, 0) is 40.8 Å². The largest absolute Gasteiger partial charge is 0.404 e. The van der Waals surface area contributed by atoms with Crippen LogP contribution in [0.25, 0.3) is 5.57 Å². The number of anilines is 1. The summed E-state index contributed by atoms with van der Waals surface area (Å²) in [6.07, 6.45) is 7.18. The van der Waals surface area contributed by atoms with Gasteiger partial charge in [-0.25, -0.2) is 4.98 Å². The van der Waals surface area contributed by atoms with Crippen LogP contribution in [0.15, 0.2) is 27.9 Å². The van der Waals surface area contributed by atoms with Crippen LogP contribution >= 0.6 is 15.9 Å². The number of allylic oxidation sites excluding steroid dienone is 1. The third kappa shape index (κ3) is 4.05. The Morgan fingerprint density at radius 1 is 1.50 bits per heavy atom. The number of aromatic nitrogens is 1. The average Bonchev–Trinajstić information content (AvgIpc) is 2.48. The molecule has 5 nitrogen and oxygen atoms in total. The second-order valence-corrected chi connectivity index (χ2v) is 5.62. The van der Waals surface area contributed by atoms with Gasteiger partial charge in [0.25, 0.3) is 0 Å². The molecule has 20 heavy (non-hydrogen) atoms. The van der Waals surface area contributed by atoms with E-state index < -0.39 is 0 Å². The maximum atomic E-state index is 5.67. The van der Waals surface area contributed by atoms with Gasteiger partial charge in [-0.2, -0.15) is 0 Å². The highest BCUT2D eigenvalue weighted by Crippen LogP contribution is 2.21. The summed E-state index contributed by atoms with van der Waals surface area (Å²) in [6.45, 7) is 2.49. The molecule has 1 aliphatic heterocycles. The molecule has 1 saturated heterocycles. The molecule has 0 bridgehead atoms. The minimum Gasteiger partial charge on any atom is -0.404 e. The van der Waals surface area contributed by atoms with E-state index in [4.69, 9.17) is 16.2 Å². The normalized spacial score (nSPS) is 17.8. The molecule has 0 aromatic carbocycles. The smallest absolute Gasteiger partial charge is 0.137 e. The van der Waals surface area contributed by atoms with Crippen LogP contribution in [-0.4, -0.2) is 31.0 Å². The van der Waals surface area contributed by atoms with Crippen molar-refractivity contribution in [2.75, 3.05) is 25.5 Å². The number of hydrogen-bond acceptors (Lipinski definition) is 5. The second-order valence-electron chi connectivity index (χ2n) is 4.76. The summed E-state index contributed by atoms with van der Waals surface area (Å²) >= 11 is 3.36. The van der Waals surface area contributed by atoms with Gasteiger partial charge in [0.15, 0.2) is 0 Å². The zero-order chi connectivity index (χ0) is 14.4. The van der Waals surface area contributed by atoms with E-state index in [0.29, 0.717) is 11.7 Å². The number of nitrogens with two attached hydrogens (primary N) is 2. The van der Waals surface area contributed by atoms with E-state index in [0.717, 1.165) is 48.2 Å². The predicted octanol–water partition coefficient (Wildman–Crippen LogP) is 2.22. The molecule has 1 fully saturated rings. The van der Waals surface area contributed by atoms with Gasteiger partial charge in [0.2, 0.25) is 0 Å². The van der Waals surface area contributed by atoms with Crippen molar-refractivity contribution in [2.45, 2.75) is 12.8 Å². The van der Waals surface area contributed by atoms with Crippen LogP contribution in [0.3, 0.4) is 0 Å². The number of hydrogen-bond donors (Lipinski definition) is 2. The van der Waals surface area contributed by atoms with E-state index in [1.54, 1.807) is 12.4 Å². The Labute approximate surface area is 127 Å². The molecule has 1 aliphatic rings. The summed E-state index contributed by atoms with van der Waals surface area (Å²) in [4.78, 5) is 8.59. The maximum absolute atomic E-state index is 5.67. The molecule has 1 aromatic rings. The molecule has 0 amide bonds. The Balaban J connectivity index is 1.99. The maximum Gasteiger partial charge on any atom is 0.137 e. The highest BCUT2D eigenvalue weighted by atomic mass is 79.9. The number of pyridine rings is 1. The summed E-state index contributed by atoms with van der Waals surface area (Å²) in [5.41, 5.74) is 13.1. The molecule has 0 atom stereocenters. The van der Waals surface area contributed by atoms with Crippen molar-refractivity contribution < 1.29 is 4.74 Å². The summed E-state index contributed by atoms with van der Waals surface area (Å²) < 4.78 is 6.09. The van der Waals surface area contributed by atoms with Crippen molar-refractivity contribution in [1.82, 2.24) is 4.98 Å². The molecule has 0 spiro atoms. The van der Waals surface area contributed by atoms with Gasteiger partial charge in [0.1, 0.15) is 5.82 Å². The minimum atomic E-state index is 0.462. The van der Waals surface area contributed by atoms with Gasteiger partial charge in [-0.3, -0.25) is 4.99 Å². The van der Waals surface area contributed by atoms with Crippen molar-refractivity contribution in [3.05, 3.63) is 28.5 Å². The molecule has 108 valence electrons. The minimum absolute atomic E-state index is 0.462. The lowest BCUT2D eigenvalue weighted by molar-refractivity contribution is 0.0690. The Hall–Kier alpha value is -1.40. The quantitative estimate of drug-likeness (QED) is 0.824. The van der Waals surface area contributed by atoms with Crippen molar-refractivity contribution in [3.8, 4) is 0 Å². The van der Waals surface area contributed by atoms with Crippen LogP contribution in [0.1, 0.15) is 18.4 Å². The van der Waals surface area contributed by atoms with Gasteiger partial charge in [-0.15, -0.1) is 0 Å². The summed E-state index contributed by atoms with van der Waals surface area (Å²) in [5.74, 6) is 1.07. The first-order chi connectivity index (χ1) is 9.70. The predicted molar refractivity (Wildman–Crippen MR) is 85.4 cm³/mol. The van der Waals surface area contributed by atoms with E-state index in [9.17, 15) is 0 Å². The van der Waals surface area contributed by atoms with Crippen LogP contribution in [0, 0.1) is 5.92 Å². The summed E-state index contributed by atoms with van der Waals surface area (Å²) in [6, 6.07) is 1.89. The number of nitrogen functional groups attached to an aromatic ring is 1. The van der Waals surface area contributed by atoms with E-state index in [2.05, 4.69) is 25.9 Å². The highest BCUT2D eigenvalue weighted by molar-refractivity contribution is 9.10. The van der Waals surface area contributed by atoms with E-state index in [-0.39, 0.29) is 0 Å². The molecular weight excluding hydrogens is 320 g/mol. The lowest BCUT2D eigenvalue weighted by Crippen LogP contribution is -2.17. The van der Waals surface area contributed by atoms with Crippen LogP contribution in [0.5, 0.6) is 0 Å². The highest BCUT2D eigenvalue weighted by Gasteiger charge is 2.12. The number of rotatable bonds is 4. The van der Waals surface area contributed by atoms with Gasteiger partial charge >= 0.3 is 0 Å². The topological polar surface area (TPSA) is 86.5 Å². The molecule has 4 N–H and O–H groups in total. The zero-order valence-electron chi connectivity index (χ0n) is 11.3. The third-order valence-electron chi connectivity index (χ3n) is 3.32. The van der Waals surface area contributed by atoms with Crippen LogP contribution in [0.2, 0.25) is 0 Å². The monoisotopic (exact) mass is 338 g/mol. The first-order valence-electron chi connectivity index (χ1n) is 6.61. The molecule has 6 heteroatoms. The van der Waals surface area contributed by atoms with Crippen LogP contribution in [0.4, 0.5) is 5.82 Å². The van der Waals surface area contributed by atoms with E-state index in [1.165, 1.54) is 6.20 Å². The lowest BCUT2D eigenvalue weighted by atomic mass is 10.0. The molecule has 2 heterocycles. The average molecular weight is 339 g/mol. The fourth-order valence-corrected chi connectivity index (χ4v) is 2.40. The Kier molecular flexibility index (Phi) is 5.55. The van der Waals surface area contributed by atoms with Crippen molar-refractivity contribution >= 4 is 33.5 Å². The van der Waals surface area contributed by atoms with Gasteiger partial charge < -0.3 is 16.2 Å². The number of halogens is 1. The summed E-state index contributed by atoms with van der Waals surface area (Å²) in [5, 5.41) is 0. The fourth-order valence-electron chi connectivity index (χ4n) is 2.05. The van der Waals surface area contributed by atoms with Crippen LogP contribution in [-0.2, 0) is 4.74 Å². The molecule has 0 saturated carbocycles. The first kappa shape index (κ1) is 15.0. The SMILES string of the molecule is NC=C(C=NCC1CCOCC1)c1cnc(N)c(Br)c1. The second kappa shape index (κ2) is 7.40. The van der Waals surface area contributed by atoms with E-state index >= 15 is 0 Å². The molecule has 0 radical (unpaired) electrons. The lowest BCUT2D eigenvalue weighted by Gasteiger charge is -2.19. The number of ether oxygens (including phenoxy) is 1. The molecular formula is C14H19BrN4O. The molecule has 1 aromatic heterocycles. The fraction of sp³-hybridized carbons (Fsp3) is 0.429. The van der Waals surface area contributed by atoms with Gasteiger partial charge in [0, 0.05) is 49.5 Å². The Bertz CT molecular complexity index is 510. The number of aliphatic imine (C=N–C) groups is 1. The standard InChI is InChI=1S/C14H19BrN4O/c15-13-5-11(9-19-14(13)17)12(6-16)8-18-7-10-1-3-20-4-2-10/h5-6,8-10H,1-4,7,16H2,(H2,17,19). The molecule has 2 rings (SSSR count). The van der Waals surface area contributed by atoms with Gasteiger partial charge in [-0.1, -0.05) is 0 Å². The van der Waals surface area contributed by atoms with Crippen molar-refractivity contribution in [3.63, 3.8) is 0 Å². The third-order valence-corrected chi connectivity index (χ3v) is 3.95. The van der Waals surface area contributed by atoms with Crippen molar-refractivity contribution in [2.24, 2.45) is 16.6 Å². The van der Waals surface area contributed by atoms with Crippen LogP contribution < -0.4 is 11.5 Å². The number of nitrogens with zero attached hydrogens (tertiary/aromatic N) is 2. The van der Waals surface area contributed by atoms with Gasteiger partial charge in [0.05, 0.1) is 4.47 Å². The zero-order valence-corrected chi connectivity index (χ0v) is 12.8. The van der Waals surface area contributed by atoms with Crippen molar-refractivity contribution in [1.29, 1.82) is 0 Å². The summed E-state index contributed by atoms with van der Waals surface area (Å²) in [7, 11) is 0. The first-order valence-corrected chi connectivity index (χ1v) is 7.41. The Morgan fingerprint density at radius 2 is 2.25 bits per heavy atom. The Morgan fingerprint density at radius 3 is 2.90 bits per heavy atom.